The number of hydrogen-bond donors (Lipinski definition) is 2. The van der Waals surface area contributed by atoms with Crippen LogP contribution < -0.4 is 16.4 Å². The molecule has 1 aliphatic carbocycles. The van der Waals surface area contributed by atoms with Gasteiger partial charge in [-0.15, -0.1) is 0 Å². The number of fused-ring (bicyclic) bond motifs is 1. The fourth-order valence-corrected chi connectivity index (χ4v) is 2.55. The Hall–Kier alpha value is -1.36. The second-order valence-corrected chi connectivity index (χ2v) is 5.24. The first-order valence-electron chi connectivity index (χ1n) is 6.10. The molecule has 0 aromatic heterocycles. The lowest BCUT2D eigenvalue weighted by Gasteiger charge is -2.44. The molecule has 2 rings (SSSR count). The molecule has 0 saturated carbocycles. The van der Waals surface area contributed by atoms with Crippen LogP contribution in [0, 0.1) is 0 Å². The second-order valence-electron chi connectivity index (χ2n) is 5.24. The summed E-state index contributed by atoms with van der Waals surface area (Å²) < 4.78 is 0. The molecular formula is C14H22N4. The molecule has 0 spiro atoms. The van der Waals surface area contributed by atoms with E-state index in [1.165, 1.54) is 0 Å². The van der Waals surface area contributed by atoms with Gasteiger partial charge in [0.15, 0.2) is 0 Å². The van der Waals surface area contributed by atoms with Crippen LogP contribution in [0.5, 0.6) is 0 Å². The summed E-state index contributed by atoms with van der Waals surface area (Å²) >= 11 is 0. The van der Waals surface area contributed by atoms with E-state index in [0.29, 0.717) is 0 Å². The van der Waals surface area contributed by atoms with Crippen LogP contribution in [0.25, 0.3) is 6.08 Å². The first-order valence-corrected chi connectivity index (χ1v) is 6.10. The first-order chi connectivity index (χ1) is 8.39. The number of likely N-dealkylation sites (N-methyl/N-ethyl adjacent to an activating group) is 1. The van der Waals surface area contributed by atoms with E-state index in [0.717, 1.165) is 16.8 Å². The van der Waals surface area contributed by atoms with E-state index in [2.05, 4.69) is 23.1 Å². The molecule has 0 heterocycles. The highest BCUT2D eigenvalue weighted by Gasteiger charge is 2.41. The van der Waals surface area contributed by atoms with Crippen LogP contribution in [-0.2, 0) is 5.66 Å². The predicted molar refractivity (Wildman–Crippen MR) is 77.3 cm³/mol. The van der Waals surface area contributed by atoms with Crippen molar-refractivity contribution in [3.8, 4) is 0 Å². The number of rotatable bonds is 2. The third kappa shape index (κ3) is 1.73. The van der Waals surface area contributed by atoms with E-state index < -0.39 is 5.66 Å². The van der Waals surface area contributed by atoms with E-state index in [9.17, 15) is 0 Å². The standard InChI is InChI=1S/C14H22N4/c1-17(2)11-7-5-6-10-8-9-12(15)14(16,13(10)11)18(3)4/h5-9,12H,15-16H2,1-4H3. The van der Waals surface area contributed by atoms with Crippen molar-refractivity contribution in [3.63, 3.8) is 0 Å². The predicted octanol–water partition coefficient (Wildman–Crippen LogP) is 0.780. The summed E-state index contributed by atoms with van der Waals surface area (Å²) in [5, 5.41) is 0. The maximum Gasteiger partial charge on any atom is 0.116 e. The highest BCUT2D eigenvalue weighted by Crippen LogP contribution is 2.38. The lowest BCUT2D eigenvalue weighted by atomic mass is 9.82. The number of nitrogens with zero attached hydrogens (tertiary/aromatic N) is 2. The van der Waals surface area contributed by atoms with E-state index >= 15 is 0 Å². The zero-order valence-electron chi connectivity index (χ0n) is 11.5. The Morgan fingerprint density at radius 2 is 1.83 bits per heavy atom. The van der Waals surface area contributed by atoms with E-state index in [1.807, 2.05) is 45.2 Å². The van der Waals surface area contributed by atoms with Gasteiger partial charge in [-0.25, -0.2) is 0 Å². The molecule has 18 heavy (non-hydrogen) atoms. The fraction of sp³-hybridized carbons (Fsp3) is 0.429. The molecule has 0 bridgehead atoms. The number of hydrogen-bond acceptors (Lipinski definition) is 4. The lowest BCUT2D eigenvalue weighted by Crippen LogP contribution is -2.62. The van der Waals surface area contributed by atoms with Crippen molar-refractivity contribution in [1.82, 2.24) is 4.90 Å². The summed E-state index contributed by atoms with van der Waals surface area (Å²) in [7, 11) is 7.98. The Morgan fingerprint density at radius 3 is 2.39 bits per heavy atom. The number of nitrogens with two attached hydrogens (primary N) is 2. The highest BCUT2D eigenvalue weighted by atomic mass is 15.3. The Bertz CT molecular complexity index is 479. The van der Waals surface area contributed by atoms with Crippen LogP contribution in [0.15, 0.2) is 24.3 Å². The minimum absolute atomic E-state index is 0.221. The molecule has 1 aliphatic rings. The van der Waals surface area contributed by atoms with Gasteiger partial charge in [0.05, 0.1) is 6.04 Å². The maximum absolute atomic E-state index is 6.62. The van der Waals surface area contributed by atoms with Crippen LogP contribution in [-0.4, -0.2) is 39.1 Å². The van der Waals surface area contributed by atoms with Crippen molar-refractivity contribution in [1.29, 1.82) is 0 Å². The minimum atomic E-state index is -0.676. The summed E-state index contributed by atoms with van der Waals surface area (Å²) in [5.74, 6) is 0. The Labute approximate surface area is 109 Å². The summed E-state index contributed by atoms with van der Waals surface area (Å²) in [6.07, 6.45) is 4.03. The van der Waals surface area contributed by atoms with Crippen LogP contribution in [0.2, 0.25) is 0 Å². The molecule has 1 aromatic carbocycles. The SMILES string of the molecule is CN(C)c1cccc2c1C(N)(N(C)C)C(N)C=C2. The Morgan fingerprint density at radius 1 is 1.17 bits per heavy atom. The molecule has 0 saturated heterocycles. The van der Waals surface area contributed by atoms with E-state index in [1.54, 1.807) is 0 Å². The lowest BCUT2D eigenvalue weighted by molar-refractivity contribution is 0.139. The molecule has 0 fully saturated rings. The molecule has 4 nitrogen and oxygen atoms in total. The van der Waals surface area contributed by atoms with E-state index in [-0.39, 0.29) is 6.04 Å². The first kappa shape index (κ1) is 13.1. The summed E-state index contributed by atoms with van der Waals surface area (Å²) in [6.45, 7) is 0. The van der Waals surface area contributed by atoms with Crippen molar-refractivity contribution in [2.75, 3.05) is 33.1 Å². The quantitative estimate of drug-likeness (QED) is 0.757. The van der Waals surface area contributed by atoms with Gasteiger partial charge in [-0.05, 0) is 25.7 Å². The fourth-order valence-electron chi connectivity index (χ4n) is 2.55. The number of benzene rings is 1. The molecule has 4 N–H and O–H groups in total. The monoisotopic (exact) mass is 246 g/mol. The van der Waals surface area contributed by atoms with Crippen LogP contribution >= 0.6 is 0 Å². The Balaban J connectivity index is 2.73. The topological polar surface area (TPSA) is 58.5 Å². The number of anilines is 1. The van der Waals surface area contributed by atoms with Crippen LogP contribution in [0.1, 0.15) is 11.1 Å². The molecule has 1 aromatic rings. The molecular weight excluding hydrogens is 224 g/mol. The summed E-state index contributed by atoms with van der Waals surface area (Å²) in [4.78, 5) is 4.07. The third-order valence-corrected chi connectivity index (χ3v) is 3.69. The molecule has 0 aliphatic heterocycles. The van der Waals surface area contributed by atoms with Gasteiger partial charge < -0.3 is 16.4 Å². The maximum atomic E-state index is 6.62. The van der Waals surface area contributed by atoms with Crippen LogP contribution in [0.4, 0.5) is 5.69 Å². The molecule has 2 unspecified atom stereocenters. The van der Waals surface area contributed by atoms with Crippen molar-refractivity contribution < 1.29 is 0 Å². The van der Waals surface area contributed by atoms with Crippen molar-refractivity contribution in [2.45, 2.75) is 11.7 Å². The van der Waals surface area contributed by atoms with Gasteiger partial charge >= 0.3 is 0 Å². The van der Waals surface area contributed by atoms with Crippen molar-refractivity contribution in [3.05, 3.63) is 35.4 Å². The molecule has 0 amide bonds. The van der Waals surface area contributed by atoms with Gasteiger partial charge in [-0.3, -0.25) is 4.90 Å². The van der Waals surface area contributed by atoms with Gasteiger partial charge in [0.25, 0.3) is 0 Å². The third-order valence-electron chi connectivity index (χ3n) is 3.69. The van der Waals surface area contributed by atoms with Gasteiger partial charge in [0.2, 0.25) is 0 Å². The summed E-state index contributed by atoms with van der Waals surface area (Å²) in [5.41, 5.74) is 15.5. The van der Waals surface area contributed by atoms with Gasteiger partial charge in [0, 0.05) is 25.3 Å². The highest BCUT2D eigenvalue weighted by molar-refractivity contribution is 5.70. The average Bonchev–Trinajstić information content (AvgIpc) is 2.33. The zero-order valence-corrected chi connectivity index (χ0v) is 11.5. The normalized spacial score (nSPS) is 26.3. The minimum Gasteiger partial charge on any atom is -0.377 e. The smallest absolute Gasteiger partial charge is 0.116 e. The average molecular weight is 246 g/mol. The van der Waals surface area contributed by atoms with Gasteiger partial charge in [-0.2, -0.15) is 0 Å². The molecule has 2 atom stereocenters. The molecule has 4 heteroatoms. The second kappa shape index (κ2) is 4.39. The summed E-state index contributed by atoms with van der Waals surface area (Å²) in [6, 6.07) is 5.98. The molecule has 0 radical (unpaired) electrons. The molecule has 98 valence electrons. The Kier molecular flexibility index (Phi) is 3.19. The van der Waals surface area contributed by atoms with E-state index in [4.69, 9.17) is 11.5 Å². The largest absolute Gasteiger partial charge is 0.377 e. The van der Waals surface area contributed by atoms with Gasteiger partial charge in [-0.1, -0.05) is 24.3 Å². The van der Waals surface area contributed by atoms with Crippen molar-refractivity contribution >= 4 is 11.8 Å². The zero-order chi connectivity index (χ0) is 13.5. The van der Waals surface area contributed by atoms with Crippen molar-refractivity contribution in [2.24, 2.45) is 11.5 Å². The van der Waals surface area contributed by atoms with Crippen LogP contribution in [0.3, 0.4) is 0 Å². The van der Waals surface area contributed by atoms with Gasteiger partial charge in [0.1, 0.15) is 5.66 Å².